The Hall–Kier alpha value is -0.770. The fraction of sp³-hybridized carbons (Fsp3) is 0.583. The third kappa shape index (κ3) is 2.17. The maximum Gasteiger partial charge on any atom is 0.140 e. The normalized spacial score (nSPS) is 24.7. The summed E-state index contributed by atoms with van der Waals surface area (Å²) in [6, 6.07) is 0.548. The van der Waals surface area contributed by atoms with Gasteiger partial charge in [0, 0.05) is 6.04 Å². The molecule has 0 amide bonds. The summed E-state index contributed by atoms with van der Waals surface area (Å²) in [6.07, 6.45) is 5.58. The first-order valence-corrected chi connectivity index (χ1v) is 6.56. The molecule has 2 atom stereocenters. The zero-order chi connectivity index (χ0) is 11.7. The number of nitrogens with one attached hydrogen (secondary N) is 1. The number of rotatable bonds is 2. The number of halogens is 1. The Bertz CT molecular complexity index is 392. The lowest BCUT2D eigenvalue weighted by molar-refractivity contribution is 0.554. The van der Waals surface area contributed by atoms with Crippen LogP contribution in [-0.2, 0) is 0 Å². The summed E-state index contributed by atoms with van der Waals surface area (Å²) in [7, 11) is 0. The van der Waals surface area contributed by atoms with Crippen molar-refractivity contribution in [2.45, 2.75) is 39.2 Å². The van der Waals surface area contributed by atoms with Crippen molar-refractivity contribution in [3.05, 3.63) is 16.2 Å². The largest absolute Gasteiger partial charge is 0.397 e. The zero-order valence-electron chi connectivity index (χ0n) is 9.76. The van der Waals surface area contributed by atoms with E-state index in [0.29, 0.717) is 6.04 Å². The van der Waals surface area contributed by atoms with Crippen LogP contribution in [0.4, 0.5) is 11.5 Å². The first kappa shape index (κ1) is 11.7. The summed E-state index contributed by atoms with van der Waals surface area (Å²) in [4.78, 5) is 4.35. The van der Waals surface area contributed by atoms with Gasteiger partial charge in [-0.1, -0.05) is 13.3 Å². The number of hydrogen-bond acceptors (Lipinski definition) is 3. The van der Waals surface area contributed by atoms with Gasteiger partial charge in [-0.3, -0.25) is 0 Å². The second-order valence-corrected chi connectivity index (χ2v) is 5.45. The molecule has 1 aliphatic carbocycles. The standard InChI is InChI=1S/C12H18BrN3/c1-7-4-3-5-10(7)16-12-11(13)8(2)9(14)6-15-12/h6-7,10H,3-5,14H2,1-2H3,(H,15,16). The Balaban J connectivity index is 2.18. The molecule has 88 valence electrons. The van der Waals surface area contributed by atoms with E-state index in [4.69, 9.17) is 5.73 Å². The average molecular weight is 284 g/mol. The molecule has 1 saturated carbocycles. The summed E-state index contributed by atoms with van der Waals surface area (Å²) in [5.41, 5.74) is 7.60. The molecule has 1 aromatic heterocycles. The van der Waals surface area contributed by atoms with E-state index in [1.165, 1.54) is 19.3 Å². The highest BCUT2D eigenvalue weighted by molar-refractivity contribution is 9.10. The molecule has 0 spiro atoms. The van der Waals surface area contributed by atoms with Gasteiger partial charge in [0.05, 0.1) is 16.4 Å². The molecular formula is C12H18BrN3. The molecule has 3 N–H and O–H groups in total. The summed E-state index contributed by atoms with van der Waals surface area (Å²) in [6.45, 7) is 4.30. The van der Waals surface area contributed by atoms with Crippen LogP contribution in [-0.4, -0.2) is 11.0 Å². The lowest BCUT2D eigenvalue weighted by Crippen LogP contribution is -2.22. The van der Waals surface area contributed by atoms with Gasteiger partial charge in [-0.2, -0.15) is 0 Å². The number of anilines is 2. The van der Waals surface area contributed by atoms with Gasteiger partial charge in [-0.05, 0) is 47.2 Å². The second-order valence-electron chi connectivity index (χ2n) is 4.66. The molecule has 0 saturated heterocycles. The van der Waals surface area contributed by atoms with Gasteiger partial charge < -0.3 is 11.1 Å². The first-order chi connectivity index (χ1) is 7.59. The van der Waals surface area contributed by atoms with E-state index in [-0.39, 0.29) is 0 Å². The molecule has 0 aromatic carbocycles. The maximum atomic E-state index is 5.80. The van der Waals surface area contributed by atoms with Crippen LogP contribution in [0.25, 0.3) is 0 Å². The highest BCUT2D eigenvalue weighted by Crippen LogP contribution is 2.32. The summed E-state index contributed by atoms with van der Waals surface area (Å²) in [5.74, 6) is 1.65. The molecule has 0 radical (unpaired) electrons. The van der Waals surface area contributed by atoms with Crippen molar-refractivity contribution < 1.29 is 0 Å². The number of nitrogen functional groups attached to an aromatic ring is 1. The van der Waals surface area contributed by atoms with Crippen LogP contribution < -0.4 is 11.1 Å². The van der Waals surface area contributed by atoms with Crippen molar-refractivity contribution in [1.29, 1.82) is 0 Å². The van der Waals surface area contributed by atoms with Gasteiger partial charge in [-0.15, -0.1) is 0 Å². The van der Waals surface area contributed by atoms with Gasteiger partial charge in [0.15, 0.2) is 0 Å². The van der Waals surface area contributed by atoms with Crippen molar-refractivity contribution in [2.75, 3.05) is 11.1 Å². The minimum absolute atomic E-state index is 0.548. The van der Waals surface area contributed by atoms with Gasteiger partial charge >= 0.3 is 0 Å². The zero-order valence-corrected chi connectivity index (χ0v) is 11.3. The van der Waals surface area contributed by atoms with Crippen molar-refractivity contribution in [2.24, 2.45) is 5.92 Å². The second kappa shape index (κ2) is 4.62. The maximum absolute atomic E-state index is 5.80. The van der Waals surface area contributed by atoms with E-state index < -0.39 is 0 Å². The Morgan fingerprint density at radius 1 is 1.50 bits per heavy atom. The summed E-state index contributed by atoms with van der Waals surface area (Å²) in [5, 5.41) is 3.51. The van der Waals surface area contributed by atoms with Crippen LogP contribution in [0.5, 0.6) is 0 Å². The van der Waals surface area contributed by atoms with Crippen molar-refractivity contribution >= 4 is 27.4 Å². The lowest BCUT2D eigenvalue weighted by atomic mass is 10.1. The van der Waals surface area contributed by atoms with Crippen LogP contribution in [0, 0.1) is 12.8 Å². The highest BCUT2D eigenvalue weighted by Gasteiger charge is 2.24. The van der Waals surface area contributed by atoms with Crippen molar-refractivity contribution in [1.82, 2.24) is 4.98 Å². The number of nitrogens with two attached hydrogens (primary N) is 1. The minimum Gasteiger partial charge on any atom is -0.397 e. The predicted octanol–water partition coefficient (Wildman–Crippen LogP) is 3.34. The molecule has 1 fully saturated rings. The van der Waals surface area contributed by atoms with Crippen molar-refractivity contribution in [3.63, 3.8) is 0 Å². The molecule has 0 bridgehead atoms. The Labute approximate surface area is 105 Å². The SMILES string of the molecule is Cc1c(N)cnc(NC2CCCC2C)c1Br. The minimum atomic E-state index is 0.548. The molecular weight excluding hydrogens is 266 g/mol. The molecule has 1 heterocycles. The van der Waals surface area contributed by atoms with E-state index in [1.54, 1.807) is 6.20 Å². The molecule has 0 aliphatic heterocycles. The van der Waals surface area contributed by atoms with Gasteiger partial charge in [0.1, 0.15) is 5.82 Å². The third-order valence-electron chi connectivity index (χ3n) is 3.49. The average Bonchev–Trinajstić information content (AvgIpc) is 2.65. The molecule has 1 aliphatic rings. The van der Waals surface area contributed by atoms with Gasteiger partial charge in [-0.25, -0.2) is 4.98 Å². The molecule has 4 heteroatoms. The number of nitrogens with zero attached hydrogens (tertiary/aromatic N) is 1. The number of aromatic nitrogens is 1. The molecule has 1 aromatic rings. The van der Waals surface area contributed by atoms with E-state index in [0.717, 1.165) is 27.5 Å². The number of pyridine rings is 1. The van der Waals surface area contributed by atoms with Crippen LogP contribution in [0.1, 0.15) is 31.7 Å². The Morgan fingerprint density at radius 3 is 2.88 bits per heavy atom. The quantitative estimate of drug-likeness (QED) is 0.875. The Morgan fingerprint density at radius 2 is 2.25 bits per heavy atom. The van der Waals surface area contributed by atoms with Crippen LogP contribution in [0.2, 0.25) is 0 Å². The lowest BCUT2D eigenvalue weighted by Gasteiger charge is -2.19. The topological polar surface area (TPSA) is 50.9 Å². The van der Waals surface area contributed by atoms with E-state index in [9.17, 15) is 0 Å². The monoisotopic (exact) mass is 283 g/mol. The molecule has 16 heavy (non-hydrogen) atoms. The third-order valence-corrected chi connectivity index (χ3v) is 4.46. The van der Waals surface area contributed by atoms with E-state index >= 15 is 0 Å². The molecule has 2 rings (SSSR count). The molecule has 3 nitrogen and oxygen atoms in total. The van der Waals surface area contributed by atoms with E-state index in [2.05, 4.69) is 33.2 Å². The summed E-state index contributed by atoms with van der Waals surface area (Å²) >= 11 is 3.55. The highest BCUT2D eigenvalue weighted by atomic mass is 79.9. The fourth-order valence-electron chi connectivity index (χ4n) is 2.23. The predicted molar refractivity (Wildman–Crippen MR) is 71.5 cm³/mol. The van der Waals surface area contributed by atoms with Crippen molar-refractivity contribution in [3.8, 4) is 0 Å². The Kier molecular flexibility index (Phi) is 3.38. The smallest absolute Gasteiger partial charge is 0.140 e. The fourth-order valence-corrected chi connectivity index (χ4v) is 2.67. The number of hydrogen-bond donors (Lipinski definition) is 2. The summed E-state index contributed by atoms with van der Waals surface area (Å²) < 4.78 is 0.992. The van der Waals surface area contributed by atoms with Crippen LogP contribution in [0.3, 0.4) is 0 Å². The van der Waals surface area contributed by atoms with Crippen LogP contribution >= 0.6 is 15.9 Å². The van der Waals surface area contributed by atoms with Gasteiger partial charge in [0.25, 0.3) is 0 Å². The van der Waals surface area contributed by atoms with Crippen LogP contribution in [0.15, 0.2) is 10.7 Å². The molecule has 2 unspecified atom stereocenters. The van der Waals surface area contributed by atoms with E-state index in [1.807, 2.05) is 6.92 Å². The van der Waals surface area contributed by atoms with Gasteiger partial charge in [0.2, 0.25) is 0 Å². The first-order valence-electron chi connectivity index (χ1n) is 5.76.